The standard InChI is InChI=1S/C28H22F3N3O2/c29-28(30,31)20-12-8-18(9-13-20)23-5-1-2-6-24(23)27(36)34-22-14-10-19(11-15-22)25(35)17-16-21-4-3-7-26(32)33-21/h1-15H,16-17H2,(H2,32,33)(H,34,36). The summed E-state index contributed by atoms with van der Waals surface area (Å²) in [5.74, 6) is -0.0815. The molecule has 4 aromatic rings. The van der Waals surface area contributed by atoms with Crippen molar-refractivity contribution in [2.24, 2.45) is 0 Å². The molecule has 5 nitrogen and oxygen atoms in total. The molecular formula is C28H22F3N3O2. The Kier molecular flexibility index (Phi) is 7.15. The van der Waals surface area contributed by atoms with Crippen LogP contribution in [0.25, 0.3) is 11.1 Å². The molecule has 0 fully saturated rings. The Morgan fingerprint density at radius 2 is 1.53 bits per heavy atom. The van der Waals surface area contributed by atoms with E-state index in [-0.39, 0.29) is 12.2 Å². The zero-order valence-corrected chi connectivity index (χ0v) is 19.0. The molecule has 0 saturated carbocycles. The summed E-state index contributed by atoms with van der Waals surface area (Å²) in [5, 5.41) is 2.78. The number of nitrogens with one attached hydrogen (secondary N) is 1. The molecule has 0 aliphatic carbocycles. The van der Waals surface area contributed by atoms with Gasteiger partial charge in [0.05, 0.1) is 5.56 Å². The average Bonchev–Trinajstić information content (AvgIpc) is 2.87. The van der Waals surface area contributed by atoms with Gasteiger partial charge in [-0.15, -0.1) is 0 Å². The number of carbonyl (C=O) groups is 2. The molecule has 182 valence electrons. The molecule has 0 radical (unpaired) electrons. The second kappa shape index (κ2) is 10.4. The van der Waals surface area contributed by atoms with Crippen molar-refractivity contribution >= 4 is 23.2 Å². The molecule has 0 saturated heterocycles. The number of Topliss-reactive ketones (excluding diaryl/α,β-unsaturated/α-hetero) is 1. The number of hydrogen-bond acceptors (Lipinski definition) is 4. The maximum atomic E-state index is 13.0. The molecule has 0 unspecified atom stereocenters. The van der Waals surface area contributed by atoms with E-state index in [0.717, 1.165) is 17.8 Å². The number of rotatable bonds is 7. The van der Waals surface area contributed by atoms with Gasteiger partial charge in [-0.1, -0.05) is 36.4 Å². The summed E-state index contributed by atoms with van der Waals surface area (Å²) in [6.45, 7) is 0. The van der Waals surface area contributed by atoms with E-state index in [4.69, 9.17) is 5.73 Å². The molecule has 0 aliphatic rings. The molecule has 3 N–H and O–H groups in total. The molecule has 1 aromatic heterocycles. The zero-order chi connectivity index (χ0) is 25.7. The molecule has 36 heavy (non-hydrogen) atoms. The minimum Gasteiger partial charge on any atom is -0.384 e. The largest absolute Gasteiger partial charge is 0.416 e. The summed E-state index contributed by atoms with van der Waals surface area (Å²) in [7, 11) is 0. The number of benzene rings is 3. The predicted molar refractivity (Wildman–Crippen MR) is 133 cm³/mol. The first-order valence-corrected chi connectivity index (χ1v) is 11.1. The van der Waals surface area contributed by atoms with Crippen LogP contribution in [0.4, 0.5) is 24.7 Å². The van der Waals surface area contributed by atoms with Crippen LogP contribution in [0, 0.1) is 0 Å². The lowest BCUT2D eigenvalue weighted by Gasteiger charge is -2.12. The molecule has 0 spiro atoms. The summed E-state index contributed by atoms with van der Waals surface area (Å²) in [4.78, 5) is 29.7. The predicted octanol–water partition coefficient (Wildman–Crippen LogP) is 6.42. The van der Waals surface area contributed by atoms with Crippen molar-refractivity contribution in [3.63, 3.8) is 0 Å². The summed E-state index contributed by atoms with van der Waals surface area (Å²) in [6.07, 6.45) is -3.71. The number of nitrogens with two attached hydrogens (primary N) is 1. The average molecular weight is 489 g/mol. The Morgan fingerprint density at radius 1 is 0.833 bits per heavy atom. The van der Waals surface area contributed by atoms with Crippen LogP contribution < -0.4 is 11.1 Å². The smallest absolute Gasteiger partial charge is 0.384 e. The van der Waals surface area contributed by atoms with Gasteiger partial charge in [-0.2, -0.15) is 13.2 Å². The SMILES string of the molecule is Nc1cccc(CCC(=O)c2ccc(NC(=O)c3ccccc3-c3ccc(C(F)(F)F)cc3)cc2)n1. The highest BCUT2D eigenvalue weighted by Gasteiger charge is 2.30. The van der Waals surface area contributed by atoms with Crippen molar-refractivity contribution in [3.05, 3.63) is 113 Å². The lowest BCUT2D eigenvalue weighted by atomic mass is 9.98. The van der Waals surface area contributed by atoms with Crippen molar-refractivity contribution in [3.8, 4) is 11.1 Å². The van der Waals surface area contributed by atoms with E-state index in [1.165, 1.54) is 12.1 Å². The van der Waals surface area contributed by atoms with Crippen LogP contribution in [0.15, 0.2) is 91.0 Å². The number of nitrogens with zero attached hydrogens (tertiary/aromatic N) is 1. The maximum Gasteiger partial charge on any atom is 0.416 e. The maximum absolute atomic E-state index is 13.0. The number of nitrogen functional groups attached to an aromatic ring is 1. The van der Waals surface area contributed by atoms with E-state index < -0.39 is 17.6 Å². The van der Waals surface area contributed by atoms with E-state index in [0.29, 0.717) is 40.2 Å². The monoisotopic (exact) mass is 489 g/mol. The Morgan fingerprint density at radius 3 is 2.19 bits per heavy atom. The van der Waals surface area contributed by atoms with Crippen LogP contribution >= 0.6 is 0 Å². The number of anilines is 2. The number of aromatic nitrogens is 1. The topological polar surface area (TPSA) is 85.1 Å². The van der Waals surface area contributed by atoms with Crippen LogP contribution in [0.3, 0.4) is 0 Å². The van der Waals surface area contributed by atoms with Crippen molar-refractivity contribution < 1.29 is 22.8 Å². The number of carbonyl (C=O) groups excluding carboxylic acids is 2. The molecule has 4 rings (SSSR count). The van der Waals surface area contributed by atoms with E-state index in [1.54, 1.807) is 60.7 Å². The second-order valence-electron chi connectivity index (χ2n) is 8.13. The van der Waals surface area contributed by atoms with Crippen molar-refractivity contribution in [2.45, 2.75) is 19.0 Å². The van der Waals surface area contributed by atoms with Gasteiger partial charge < -0.3 is 11.1 Å². The molecule has 0 bridgehead atoms. The highest BCUT2D eigenvalue weighted by Crippen LogP contribution is 2.32. The molecular weight excluding hydrogens is 467 g/mol. The van der Waals surface area contributed by atoms with Gasteiger partial charge in [0.2, 0.25) is 0 Å². The Labute approximate surface area is 205 Å². The number of halogens is 3. The molecule has 0 aliphatic heterocycles. The number of alkyl halides is 3. The van der Waals surface area contributed by atoms with Crippen LogP contribution in [-0.2, 0) is 12.6 Å². The van der Waals surface area contributed by atoms with Gasteiger partial charge in [0.1, 0.15) is 5.82 Å². The lowest BCUT2D eigenvalue weighted by Crippen LogP contribution is -2.13. The molecule has 3 aromatic carbocycles. The molecule has 1 amide bonds. The molecule has 1 heterocycles. The van der Waals surface area contributed by atoms with Crippen molar-refractivity contribution in [2.75, 3.05) is 11.1 Å². The lowest BCUT2D eigenvalue weighted by molar-refractivity contribution is -0.137. The normalized spacial score (nSPS) is 11.2. The zero-order valence-electron chi connectivity index (χ0n) is 19.0. The minimum absolute atomic E-state index is 0.0650. The van der Waals surface area contributed by atoms with Gasteiger partial charge >= 0.3 is 6.18 Å². The first kappa shape index (κ1) is 24.7. The summed E-state index contributed by atoms with van der Waals surface area (Å²) in [5.41, 5.74) is 7.94. The number of aryl methyl sites for hydroxylation is 1. The van der Waals surface area contributed by atoms with Gasteiger partial charge in [0, 0.05) is 28.9 Å². The van der Waals surface area contributed by atoms with Crippen LogP contribution in [0.1, 0.15) is 38.4 Å². The summed E-state index contributed by atoms with van der Waals surface area (Å²) >= 11 is 0. The van der Waals surface area contributed by atoms with Crippen LogP contribution in [0.5, 0.6) is 0 Å². The third kappa shape index (κ3) is 5.96. The number of ketones is 1. The molecule has 8 heteroatoms. The van der Waals surface area contributed by atoms with Crippen molar-refractivity contribution in [1.29, 1.82) is 0 Å². The fraction of sp³-hybridized carbons (Fsp3) is 0.107. The Hall–Kier alpha value is -4.46. The summed E-state index contributed by atoms with van der Waals surface area (Å²) < 4.78 is 38.7. The first-order valence-electron chi connectivity index (χ1n) is 11.1. The van der Waals surface area contributed by atoms with Gasteiger partial charge in [-0.25, -0.2) is 4.98 Å². The Balaban J connectivity index is 1.43. The number of amides is 1. The van der Waals surface area contributed by atoms with Gasteiger partial charge in [-0.05, 0) is 72.1 Å². The van der Waals surface area contributed by atoms with E-state index in [2.05, 4.69) is 10.3 Å². The molecule has 0 atom stereocenters. The Bertz CT molecular complexity index is 1380. The fourth-order valence-corrected chi connectivity index (χ4v) is 3.73. The van der Waals surface area contributed by atoms with Gasteiger partial charge in [0.25, 0.3) is 5.91 Å². The second-order valence-corrected chi connectivity index (χ2v) is 8.13. The van der Waals surface area contributed by atoms with E-state index in [9.17, 15) is 22.8 Å². The number of pyridine rings is 1. The number of hydrogen-bond donors (Lipinski definition) is 2. The fourth-order valence-electron chi connectivity index (χ4n) is 3.73. The highest BCUT2D eigenvalue weighted by atomic mass is 19.4. The van der Waals surface area contributed by atoms with Gasteiger partial charge in [0.15, 0.2) is 5.78 Å². The van der Waals surface area contributed by atoms with E-state index >= 15 is 0 Å². The third-order valence-electron chi connectivity index (χ3n) is 5.60. The minimum atomic E-state index is -4.44. The van der Waals surface area contributed by atoms with Gasteiger partial charge in [-0.3, -0.25) is 9.59 Å². The summed E-state index contributed by atoms with van der Waals surface area (Å²) in [6, 6.07) is 23.1. The third-order valence-corrected chi connectivity index (χ3v) is 5.60. The quantitative estimate of drug-likeness (QED) is 0.294. The van der Waals surface area contributed by atoms with Crippen LogP contribution in [-0.4, -0.2) is 16.7 Å². The van der Waals surface area contributed by atoms with Crippen LogP contribution in [0.2, 0.25) is 0 Å². The van der Waals surface area contributed by atoms with Crippen molar-refractivity contribution in [1.82, 2.24) is 4.98 Å². The van der Waals surface area contributed by atoms with E-state index in [1.807, 2.05) is 6.07 Å². The first-order chi connectivity index (χ1) is 17.2. The highest BCUT2D eigenvalue weighted by molar-refractivity contribution is 6.09.